The average Bonchev–Trinajstić information content (AvgIpc) is 2.54. The first-order valence-corrected chi connectivity index (χ1v) is 8.16. The highest BCUT2D eigenvalue weighted by Crippen LogP contribution is 2.27. The maximum absolute atomic E-state index is 12.9. The van der Waals surface area contributed by atoms with E-state index < -0.39 is 0 Å². The molecule has 0 aliphatic rings. The first-order valence-electron chi connectivity index (χ1n) is 7.41. The zero-order valence-corrected chi connectivity index (χ0v) is 14.8. The van der Waals surface area contributed by atoms with Crippen LogP contribution in [0, 0.1) is 0 Å². The van der Waals surface area contributed by atoms with E-state index in [4.69, 9.17) is 23.2 Å². The van der Waals surface area contributed by atoms with Crippen LogP contribution in [0.5, 0.6) is 0 Å². The minimum absolute atomic E-state index is 0.108. The van der Waals surface area contributed by atoms with Crippen LogP contribution in [0.2, 0.25) is 10.0 Å². The summed E-state index contributed by atoms with van der Waals surface area (Å²) in [5.41, 5.74) is 1.52. The fraction of sp³-hybridized carbons (Fsp3) is 0.278. The van der Waals surface area contributed by atoms with E-state index in [9.17, 15) is 4.79 Å². The van der Waals surface area contributed by atoms with Crippen molar-refractivity contribution in [3.8, 4) is 0 Å². The lowest BCUT2D eigenvalue weighted by molar-refractivity contribution is 0.0732. The Morgan fingerprint density at radius 1 is 0.957 bits per heavy atom. The molecule has 5 heteroatoms. The summed E-state index contributed by atoms with van der Waals surface area (Å²) in [4.78, 5) is 16.7. The van der Waals surface area contributed by atoms with Crippen molar-refractivity contribution < 1.29 is 4.79 Å². The van der Waals surface area contributed by atoms with E-state index in [1.165, 1.54) is 0 Å². The normalized spacial score (nSPS) is 10.8. The summed E-state index contributed by atoms with van der Waals surface area (Å²) in [6.07, 6.45) is 0. The van der Waals surface area contributed by atoms with Crippen molar-refractivity contribution in [3.05, 3.63) is 69.7 Å². The number of hydrogen-bond donors (Lipinski definition) is 0. The number of amides is 1. The number of halogens is 2. The molecule has 1 amide bonds. The van der Waals surface area contributed by atoms with Gasteiger partial charge in [-0.15, -0.1) is 0 Å². The Balaban J connectivity index is 2.24. The molecule has 0 N–H and O–H groups in total. The molecule has 0 aromatic heterocycles. The lowest BCUT2D eigenvalue weighted by atomic mass is 10.1. The molecule has 0 aliphatic heterocycles. The maximum atomic E-state index is 12.9. The van der Waals surface area contributed by atoms with Crippen molar-refractivity contribution in [2.24, 2.45) is 0 Å². The van der Waals surface area contributed by atoms with Gasteiger partial charge in [-0.25, -0.2) is 0 Å². The Labute approximate surface area is 147 Å². The second-order valence-electron chi connectivity index (χ2n) is 5.62. The van der Waals surface area contributed by atoms with Gasteiger partial charge in [0.05, 0.1) is 15.6 Å². The molecule has 2 rings (SSSR count). The second-order valence-corrected chi connectivity index (χ2v) is 6.40. The summed E-state index contributed by atoms with van der Waals surface area (Å²) >= 11 is 12.2. The van der Waals surface area contributed by atoms with Crippen molar-refractivity contribution in [1.82, 2.24) is 9.80 Å². The highest BCUT2D eigenvalue weighted by atomic mass is 35.5. The fourth-order valence-corrected chi connectivity index (χ4v) is 2.60. The molecule has 0 bridgehead atoms. The van der Waals surface area contributed by atoms with E-state index in [2.05, 4.69) is 0 Å². The second kappa shape index (κ2) is 8.34. The summed E-state index contributed by atoms with van der Waals surface area (Å²) in [7, 11) is 3.97. The van der Waals surface area contributed by atoms with Crippen LogP contribution in [0.25, 0.3) is 0 Å². The van der Waals surface area contributed by atoms with Gasteiger partial charge in [0.25, 0.3) is 5.91 Å². The van der Waals surface area contributed by atoms with Crippen LogP contribution in [0.4, 0.5) is 0 Å². The number of nitrogens with zero attached hydrogens (tertiary/aromatic N) is 2. The zero-order valence-electron chi connectivity index (χ0n) is 13.3. The number of benzene rings is 2. The molecule has 0 radical (unpaired) electrons. The van der Waals surface area contributed by atoms with Gasteiger partial charge in [-0.05, 0) is 31.8 Å². The lowest BCUT2D eigenvalue weighted by Crippen LogP contribution is -2.36. The monoisotopic (exact) mass is 350 g/mol. The molecule has 0 aliphatic carbocycles. The van der Waals surface area contributed by atoms with Gasteiger partial charge in [-0.3, -0.25) is 4.79 Å². The summed E-state index contributed by atoms with van der Waals surface area (Å²) in [5, 5.41) is 0.701. The van der Waals surface area contributed by atoms with Crippen LogP contribution >= 0.6 is 23.2 Å². The van der Waals surface area contributed by atoms with Crippen LogP contribution in [0.1, 0.15) is 15.9 Å². The Bertz CT molecular complexity index is 659. The summed E-state index contributed by atoms with van der Waals surface area (Å²) < 4.78 is 0. The van der Waals surface area contributed by atoms with Crippen LogP contribution in [0.15, 0.2) is 48.5 Å². The number of carbonyl (C=O) groups excluding carboxylic acids is 1. The SMILES string of the molecule is CN(C)CCN(Cc1ccccc1)C(=O)c1cccc(Cl)c1Cl. The first kappa shape index (κ1) is 17.8. The molecule has 3 nitrogen and oxygen atoms in total. The molecule has 0 spiro atoms. The highest BCUT2D eigenvalue weighted by Gasteiger charge is 2.20. The van der Waals surface area contributed by atoms with Crippen molar-refractivity contribution in [3.63, 3.8) is 0 Å². The van der Waals surface area contributed by atoms with Gasteiger partial charge >= 0.3 is 0 Å². The molecule has 0 saturated carbocycles. The third-order valence-electron chi connectivity index (χ3n) is 3.50. The molecule has 122 valence electrons. The quantitative estimate of drug-likeness (QED) is 0.779. The molecule has 0 atom stereocenters. The summed E-state index contributed by atoms with van der Waals surface area (Å²) in [6, 6.07) is 15.1. The molecular formula is C18H20Cl2N2O. The zero-order chi connectivity index (χ0) is 16.8. The van der Waals surface area contributed by atoms with Crippen LogP contribution in [-0.4, -0.2) is 42.9 Å². The maximum Gasteiger partial charge on any atom is 0.255 e. The van der Waals surface area contributed by atoms with E-state index in [1.807, 2.05) is 49.3 Å². The van der Waals surface area contributed by atoms with Crippen molar-refractivity contribution >= 4 is 29.1 Å². The van der Waals surface area contributed by atoms with E-state index in [1.54, 1.807) is 23.1 Å². The van der Waals surface area contributed by atoms with Gasteiger partial charge in [0.2, 0.25) is 0 Å². The lowest BCUT2D eigenvalue weighted by Gasteiger charge is -2.25. The van der Waals surface area contributed by atoms with Crippen LogP contribution in [-0.2, 0) is 6.54 Å². The Hall–Kier alpha value is -1.55. The molecule has 0 fully saturated rings. The topological polar surface area (TPSA) is 23.6 Å². The van der Waals surface area contributed by atoms with Gasteiger partial charge < -0.3 is 9.80 Å². The average molecular weight is 351 g/mol. The van der Waals surface area contributed by atoms with Crippen molar-refractivity contribution in [1.29, 1.82) is 0 Å². The molecular weight excluding hydrogens is 331 g/mol. The summed E-state index contributed by atoms with van der Waals surface area (Å²) in [6.45, 7) is 1.93. The fourth-order valence-electron chi connectivity index (χ4n) is 2.22. The van der Waals surface area contributed by atoms with Gasteiger partial charge in [-0.2, -0.15) is 0 Å². The van der Waals surface area contributed by atoms with E-state index in [0.717, 1.165) is 12.1 Å². The molecule has 2 aromatic carbocycles. The third-order valence-corrected chi connectivity index (χ3v) is 4.32. The van der Waals surface area contributed by atoms with Crippen molar-refractivity contribution in [2.75, 3.05) is 27.2 Å². The molecule has 0 heterocycles. The smallest absolute Gasteiger partial charge is 0.255 e. The largest absolute Gasteiger partial charge is 0.333 e. The first-order chi connectivity index (χ1) is 11.0. The number of hydrogen-bond acceptors (Lipinski definition) is 2. The highest BCUT2D eigenvalue weighted by molar-refractivity contribution is 6.43. The Kier molecular flexibility index (Phi) is 6.46. The molecule has 0 unspecified atom stereocenters. The van der Waals surface area contributed by atoms with Gasteiger partial charge in [0.15, 0.2) is 0 Å². The Morgan fingerprint density at radius 3 is 2.30 bits per heavy atom. The van der Waals surface area contributed by atoms with Gasteiger partial charge in [-0.1, -0.05) is 59.6 Å². The third kappa shape index (κ3) is 4.96. The minimum atomic E-state index is -0.108. The van der Waals surface area contributed by atoms with E-state index in [-0.39, 0.29) is 5.91 Å². The number of carbonyl (C=O) groups is 1. The minimum Gasteiger partial charge on any atom is -0.333 e. The van der Waals surface area contributed by atoms with Crippen LogP contribution in [0.3, 0.4) is 0 Å². The number of rotatable bonds is 6. The summed E-state index contributed by atoms with van der Waals surface area (Å²) in [5.74, 6) is -0.108. The predicted molar refractivity (Wildman–Crippen MR) is 96.2 cm³/mol. The van der Waals surface area contributed by atoms with Gasteiger partial charge in [0.1, 0.15) is 0 Å². The predicted octanol–water partition coefficient (Wildman–Crippen LogP) is 4.20. The van der Waals surface area contributed by atoms with Crippen LogP contribution < -0.4 is 0 Å². The molecule has 2 aromatic rings. The number of likely N-dealkylation sites (N-methyl/N-ethyl adjacent to an activating group) is 1. The molecule has 23 heavy (non-hydrogen) atoms. The molecule has 0 saturated heterocycles. The van der Waals surface area contributed by atoms with E-state index >= 15 is 0 Å². The van der Waals surface area contributed by atoms with Gasteiger partial charge in [0, 0.05) is 19.6 Å². The van der Waals surface area contributed by atoms with Crippen molar-refractivity contribution in [2.45, 2.75) is 6.54 Å². The standard InChI is InChI=1S/C18H20Cl2N2O/c1-21(2)11-12-22(13-14-7-4-3-5-8-14)18(23)15-9-6-10-16(19)17(15)20/h3-10H,11-13H2,1-2H3. The Morgan fingerprint density at radius 2 is 1.65 bits per heavy atom. The van der Waals surface area contributed by atoms with E-state index in [0.29, 0.717) is 28.7 Å².